The number of carbonyl (C=O) groups is 1. The summed E-state index contributed by atoms with van der Waals surface area (Å²) in [5.41, 5.74) is 1.28. The number of thioether (sulfide) groups is 1. The van der Waals surface area contributed by atoms with E-state index in [0.717, 1.165) is 6.42 Å². The van der Waals surface area contributed by atoms with Crippen molar-refractivity contribution in [1.29, 1.82) is 0 Å². The fourth-order valence-corrected chi connectivity index (χ4v) is 3.65. The van der Waals surface area contributed by atoms with Crippen LogP contribution >= 0.6 is 23.4 Å². The van der Waals surface area contributed by atoms with Crippen LogP contribution in [0.5, 0.6) is 0 Å². The van der Waals surface area contributed by atoms with Crippen LogP contribution in [0.15, 0.2) is 48.5 Å². The van der Waals surface area contributed by atoms with E-state index in [0.29, 0.717) is 16.3 Å². The van der Waals surface area contributed by atoms with Gasteiger partial charge in [-0.1, -0.05) is 48.0 Å². The van der Waals surface area contributed by atoms with Crippen LogP contribution < -0.4 is 5.32 Å². The third-order valence-corrected chi connectivity index (χ3v) is 4.82. The fraction of sp³-hybridized carbons (Fsp3) is 0.316. The SMILES string of the molecule is CC(C)(Cc1ccccc1)NC(=O)CSCc1c(F)cccc1Cl. The second kappa shape index (κ2) is 8.54. The summed E-state index contributed by atoms with van der Waals surface area (Å²) in [7, 11) is 0. The first kappa shape index (κ1) is 18.8. The highest BCUT2D eigenvalue weighted by Crippen LogP contribution is 2.24. The van der Waals surface area contributed by atoms with Crippen molar-refractivity contribution in [3.8, 4) is 0 Å². The highest BCUT2D eigenvalue weighted by atomic mass is 35.5. The number of benzene rings is 2. The lowest BCUT2D eigenvalue weighted by atomic mass is 9.95. The van der Waals surface area contributed by atoms with Crippen LogP contribution in [0.4, 0.5) is 4.39 Å². The lowest BCUT2D eigenvalue weighted by Crippen LogP contribution is -2.45. The molecule has 2 nitrogen and oxygen atoms in total. The number of hydrogen-bond donors (Lipinski definition) is 1. The number of nitrogens with one attached hydrogen (secondary N) is 1. The minimum absolute atomic E-state index is 0.0617. The Bertz CT molecular complexity index is 671. The first-order chi connectivity index (χ1) is 11.4. The monoisotopic (exact) mass is 365 g/mol. The molecule has 1 amide bonds. The predicted molar refractivity (Wildman–Crippen MR) is 99.9 cm³/mol. The molecule has 0 bridgehead atoms. The van der Waals surface area contributed by atoms with E-state index < -0.39 is 0 Å². The van der Waals surface area contributed by atoms with Gasteiger partial charge < -0.3 is 5.32 Å². The Morgan fingerprint density at radius 3 is 2.54 bits per heavy atom. The molecule has 0 unspecified atom stereocenters. The van der Waals surface area contributed by atoms with Gasteiger partial charge in [0.2, 0.25) is 5.91 Å². The van der Waals surface area contributed by atoms with Crippen LogP contribution in [0.1, 0.15) is 25.0 Å². The van der Waals surface area contributed by atoms with Gasteiger partial charge in [0.25, 0.3) is 0 Å². The lowest BCUT2D eigenvalue weighted by molar-refractivity contribution is -0.120. The van der Waals surface area contributed by atoms with Gasteiger partial charge in [0.05, 0.1) is 5.75 Å². The van der Waals surface area contributed by atoms with Gasteiger partial charge in [-0.2, -0.15) is 0 Å². The summed E-state index contributed by atoms with van der Waals surface area (Å²) in [6.45, 7) is 3.99. The van der Waals surface area contributed by atoms with Gasteiger partial charge >= 0.3 is 0 Å². The molecule has 0 fully saturated rings. The highest BCUT2D eigenvalue weighted by molar-refractivity contribution is 7.99. The van der Waals surface area contributed by atoms with Crippen molar-refractivity contribution in [2.75, 3.05) is 5.75 Å². The first-order valence-corrected chi connectivity index (χ1v) is 9.26. The minimum atomic E-state index is -0.339. The Morgan fingerprint density at radius 2 is 1.88 bits per heavy atom. The maximum Gasteiger partial charge on any atom is 0.230 e. The van der Waals surface area contributed by atoms with Crippen LogP contribution in [0.2, 0.25) is 5.02 Å². The van der Waals surface area contributed by atoms with Crippen LogP contribution in [0.3, 0.4) is 0 Å². The second-order valence-corrected chi connectivity index (χ2v) is 7.68. The normalized spacial score (nSPS) is 11.3. The van der Waals surface area contributed by atoms with E-state index in [4.69, 9.17) is 11.6 Å². The quantitative estimate of drug-likeness (QED) is 0.759. The van der Waals surface area contributed by atoms with E-state index in [-0.39, 0.29) is 23.0 Å². The summed E-state index contributed by atoms with van der Waals surface area (Å²) < 4.78 is 13.7. The Kier molecular flexibility index (Phi) is 6.69. The fourth-order valence-electron chi connectivity index (χ4n) is 2.48. The number of amides is 1. The van der Waals surface area contributed by atoms with Crippen LogP contribution in [-0.4, -0.2) is 17.2 Å². The van der Waals surface area contributed by atoms with E-state index in [1.54, 1.807) is 12.1 Å². The Balaban J connectivity index is 1.82. The van der Waals surface area contributed by atoms with E-state index >= 15 is 0 Å². The van der Waals surface area contributed by atoms with E-state index in [1.807, 2.05) is 44.2 Å². The van der Waals surface area contributed by atoms with Crippen molar-refractivity contribution in [1.82, 2.24) is 5.32 Å². The topological polar surface area (TPSA) is 29.1 Å². The smallest absolute Gasteiger partial charge is 0.230 e. The van der Waals surface area contributed by atoms with Gasteiger partial charge in [-0.3, -0.25) is 4.79 Å². The molecular formula is C19H21ClFNOS. The van der Waals surface area contributed by atoms with E-state index in [9.17, 15) is 9.18 Å². The molecule has 0 spiro atoms. The Morgan fingerprint density at radius 1 is 1.17 bits per heavy atom. The number of halogens is 2. The average molecular weight is 366 g/mol. The molecule has 0 atom stereocenters. The van der Waals surface area contributed by atoms with Crippen LogP contribution in [0.25, 0.3) is 0 Å². The maximum absolute atomic E-state index is 13.7. The zero-order valence-electron chi connectivity index (χ0n) is 13.8. The summed E-state index contributed by atoms with van der Waals surface area (Å²) in [5, 5.41) is 3.43. The molecule has 0 saturated carbocycles. The summed E-state index contributed by atoms with van der Waals surface area (Å²) in [6.07, 6.45) is 0.753. The molecule has 0 aliphatic heterocycles. The summed E-state index contributed by atoms with van der Waals surface area (Å²) in [4.78, 5) is 12.2. The first-order valence-electron chi connectivity index (χ1n) is 7.73. The molecule has 2 aromatic carbocycles. The molecule has 0 saturated heterocycles. The zero-order valence-corrected chi connectivity index (χ0v) is 15.4. The van der Waals surface area contributed by atoms with Crippen molar-refractivity contribution in [2.45, 2.75) is 31.6 Å². The molecule has 0 aliphatic rings. The van der Waals surface area contributed by atoms with Gasteiger partial charge in [0.15, 0.2) is 0 Å². The van der Waals surface area contributed by atoms with E-state index in [1.165, 1.54) is 23.4 Å². The molecular weight excluding hydrogens is 345 g/mol. The van der Waals surface area contributed by atoms with Crippen molar-refractivity contribution >= 4 is 29.3 Å². The molecule has 0 radical (unpaired) electrons. The zero-order chi connectivity index (χ0) is 17.6. The molecule has 128 valence electrons. The van der Waals surface area contributed by atoms with Gasteiger partial charge in [-0.05, 0) is 38.0 Å². The van der Waals surface area contributed by atoms with Crippen molar-refractivity contribution in [2.24, 2.45) is 0 Å². The third-order valence-electron chi connectivity index (χ3n) is 3.51. The summed E-state index contributed by atoms with van der Waals surface area (Å²) >= 11 is 7.34. The third kappa shape index (κ3) is 5.84. The molecule has 1 N–H and O–H groups in total. The van der Waals surface area contributed by atoms with Crippen LogP contribution in [-0.2, 0) is 17.0 Å². The second-order valence-electron chi connectivity index (χ2n) is 6.29. The maximum atomic E-state index is 13.7. The number of rotatable bonds is 7. The standard InChI is InChI=1S/C19H21ClFNOS/c1-19(2,11-14-7-4-3-5-8-14)22-18(23)13-24-12-15-16(20)9-6-10-17(15)21/h3-10H,11-13H2,1-2H3,(H,22,23). The van der Waals surface area contributed by atoms with Gasteiger partial charge in [0.1, 0.15) is 5.82 Å². The van der Waals surface area contributed by atoms with Crippen LogP contribution in [0, 0.1) is 5.82 Å². The minimum Gasteiger partial charge on any atom is -0.350 e. The molecule has 24 heavy (non-hydrogen) atoms. The van der Waals surface area contributed by atoms with Gasteiger partial charge in [-0.25, -0.2) is 4.39 Å². The Labute approximate surface area is 151 Å². The summed E-state index contributed by atoms with van der Waals surface area (Å²) in [5.74, 6) is 0.245. The number of hydrogen-bond acceptors (Lipinski definition) is 2. The average Bonchev–Trinajstić information content (AvgIpc) is 2.50. The molecule has 0 heterocycles. The number of carbonyl (C=O) groups excluding carboxylic acids is 1. The van der Waals surface area contributed by atoms with Gasteiger partial charge in [-0.15, -0.1) is 11.8 Å². The summed E-state index contributed by atoms with van der Waals surface area (Å²) in [6, 6.07) is 14.6. The highest BCUT2D eigenvalue weighted by Gasteiger charge is 2.21. The molecule has 2 aromatic rings. The van der Waals surface area contributed by atoms with Crippen molar-refractivity contribution in [3.05, 3.63) is 70.5 Å². The molecule has 0 aliphatic carbocycles. The lowest BCUT2D eigenvalue weighted by Gasteiger charge is -2.26. The Hall–Kier alpha value is -1.52. The molecule has 2 rings (SSSR count). The predicted octanol–water partition coefficient (Wildman–Crippen LogP) is 4.85. The van der Waals surface area contributed by atoms with E-state index in [2.05, 4.69) is 5.32 Å². The van der Waals surface area contributed by atoms with Crippen molar-refractivity contribution < 1.29 is 9.18 Å². The van der Waals surface area contributed by atoms with Crippen molar-refractivity contribution in [3.63, 3.8) is 0 Å². The molecule has 0 aromatic heterocycles. The molecule has 5 heteroatoms. The van der Waals surface area contributed by atoms with Gasteiger partial charge in [0, 0.05) is 21.9 Å². The largest absolute Gasteiger partial charge is 0.350 e.